The Balaban J connectivity index is 0.00000180. The molecule has 0 aliphatic carbocycles. The van der Waals surface area contributed by atoms with Crippen molar-refractivity contribution in [1.82, 2.24) is 4.90 Å². The van der Waals surface area contributed by atoms with E-state index in [0.29, 0.717) is 6.04 Å². The molecule has 0 bridgehead atoms. The van der Waals surface area contributed by atoms with Gasteiger partial charge in [0.15, 0.2) is 0 Å². The van der Waals surface area contributed by atoms with Crippen LogP contribution in [0.1, 0.15) is 38.3 Å². The minimum atomic E-state index is 0. The second-order valence-corrected chi connectivity index (χ2v) is 6.26. The average Bonchev–Trinajstić information content (AvgIpc) is 2.34. The smallest absolute Gasteiger partial charge is 0.0233 e. The molecule has 1 aliphatic heterocycles. The van der Waals surface area contributed by atoms with E-state index in [1.165, 1.54) is 11.1 Å². The Morgan fingerprint density at radius 1 is 1.21 bits per heavy atom. The maximum Gasteiger partial charge on any atom is 0.0233 e. The van der Waals surface area contributed by atoms with Crippen molar-refractivity contribution in [3.05, 3.63) is 35.4 Å². The highest BCUT2D eigenvalue weighted by atomic mass is 35.5. The lowest BCUT2D eigenvalue weighted by Crippen LogP contribution is -2.52. The molecule has 1 heterocycles. The largest absolute Gasteiger partial charge is 0.327 e. The van der Waals surface area contributed by atoms with Crippen molar-refractivity contribution in [2.45, 2.75) is 46.2 Å². The third-order valence-electron chi connectivity index (χ3n) is 4.23. The molecule has 2 nitrogen and oxygen atoms in total. The van der Waals surface area contributed by atoms with E-state index in [9.17, 15) is 0 Å². The zero-order valence-corrected chi connectivity index (χ0v) is 13.2. The fourth-order valence-corrected chi connectivity index (χ4v) is 2.76. The Labute approximate surface area is 123 Å². The molecule has 2 rings (SSSR count). The normalized spacial score (nSPS) is 22.8. The van der Waals surface area contributed by atoms with E-state index in [2.05, 4.69) is 49.9 Å². The molecule has 2 N–H and O–H groups in total. The predicted octanol–water partition coefficient (Wildman–Crippen LogP) is 3.23. The summed E-state index contributed by atoms with van der Waals surface area (Å²) in [6.45, 7) is 10.0. The summed E-state index contributed by atoms with van der Waals surface area (Å²) in [4.78, 5) is 2.53. The lowest BCUT2D eigenvalue weighted by molar-refractivity contribution is 0.0899. The van der Waals surface area contributed by atoms with E-state index in [1.54, 1.807) is 0 Å². The van der Waals surface area contributed by atoms with Gasteiger partial charge in [-0.15, -0.1) is 12.4 Å². The monoisotopic (exact) mass is 282 g/mol. The molecule has 0 saturated carbocycles. The van der Waals surface area contributed by atoms with Gasteiger partial charge in [0, 0.05) is 25.7 Å². The molecule has 1 fully saturated rings. The number of likely N-dealkylation sites (tertiary alicyclic amines) is 1. The number of halogens is 1. The maximum atomic E-state index is 6.18. The number of benzene rings is 1. The van der Waals surface area contributed by atoms with Crippen molar-refractivity contribution in [2.24, 2.45) is 11.1 Å². The summed E-state index contributed by atoms with van der Waals surface area (Å²) < 4.78 is 0. The van der Waals surface area contributed by atoms with Crippen LogP contribution in [0, 0.1) is 5.41 Å². The summed E-state index contributed by atoms with van der Waals surface area (Å²) in [5.74, 6) is 0. The Morgan fingerprint density at radius 2 is 1.79 bits per heavy atom. The molecule has 1 atom stereocenters. The van der Waals surface area contributed by atoms with Gasteiger partial charge in [0.2, 0.25) is 0 Å². The van der Waals surface area contributed by atoms with Crippen molar-refractivity contribution in [3.8, 4) is 0 Å². The molecule has 3 heteroatoms. The molecule has 1 aromatic rings. The van der Waals surface area contributed by atoms with Gasteiger partial charge in [-0.05, 0) is 29.4 Å². The van der Waals surface area contributed by atoms with Crippen molar-refractivity contribution in [3.63, 3.8) is 0 Å². The molecule has 0 radical (unpaired) electrons. The third kappa shape index (κ3) is 4.20. The van der Waals surface area contributed by atoms with Crippen LogP contribution in [0.4, 0.5) is 0 Å². The molecular weight excluding hydrogens is 256 g/mol. The minimum absolute atomic E-state index is 0. The van der Waals surface area contributed by atoms with E-state index in [1.807, 2.05) is 0 Å². The summed E-state index contributed by atoms with van der Waals surface area (Å²) in [5, 5.41) is 0. The fraction of sp³-hybridized carbons (Fsp3) is 0.625. The number of piperidine rings is 1. The summed E-state index contributed by atoms with van der Waals surface area (Å²) in [5.41, 5.74) is 9.25. The highest BCUT2D eigenvalue weighted by Gasteiger charge is 2.33. The van der Waals surface area contributed by atoms with Crippen LogP contribution < -0.4 is 5.73 Å². The molecule has 1 unspecified atom stereocenters. The van der Waals surface area contributed by atoms with Gasteiger partial charge in [0.25, 0.3) is 0 Å². The van der Waals surface area contributed by atoms with Crippen LogP contribution in [0.25, 0.3) is 0 Å². The van der Waals surface area contributed by atoms with Crippen molar-refractivity contribution < 1.29 is 0 Å². The van der Waals surface area contributed by atoms with Gasteiger partial charge in [-0.1, -0.05) is 45.0 Å². The Hall–Kier alpha value is -0.570. The van der Waals surface area contributed by atoms with Gasteiger partial charge in [-0.3, -0.25) is 4.90 Å². The second-order valence-electron chi connectivity index (χ2n) is 6.26. The standard InChI is InChI=1S/C16H26N2.ClH/c1-4-13-5-7-14(8-6-13)11-18-10-9-15(17)16(2,3)12-18;/h5-8,15H,4,9-12,17H2,1-3H3;1H. The number of nitrogens with zero attached hydrogens (tertiary/aromatic N) is 1. The number of aryl methyl sites for hydroxylation is 1. The SMILES string of the molecule is CCc1ccc(CN2CCC(N)C(C)(C)C2)cc1.Cl. The van der Waals surface area contributed by atoms with Gasteiger partial charge in [-0.25, -0.2) is 0 Å². The Bertz CT molecular complexity index is 386. The van der Waals surface area contributed by atoms with Crippen molar-refractivity contribution in [1.29, 1.82) is 0 Å². The molecular formula is C16H27ClN2. The van der Waals surface area contributed by atoms with Gasteiger partial charge < -0.3 is 5.73 Å². The molecule has 0 spiro atoms. The van der Waals surface area contributed by atoms with E-state index in [-0.39, 0.29) is 17.8 Å². The van der Waals surface area contributed by atoms with Gasteiger partial charge in [0.1, 0.15) is 0 Å². The maximum absolute atomic E-state index is 6.18. The lowest BCUT2D eigenvalue weighted by Gasteiger charge is -2.42. The molecule has 0 aromatic heterocycles. The molecule has 1 saturated heterocycles. The van der Waals surface area contributed by atoms with Crippen LogP contribution in [0.15, 0.2) is 24.3 Å². The van der Waals surface area contributed by atoms with Crippen molar-refractivity contribution >= 4 is 12.4 Å². The van der Waals surface area contributed by atoms with Crippen LogP contribution in [-0.2, 0) is 13.0 Å². The quantitative estimate of drug-likeness (QED) is 0.922. The van der Waals surface area contributed by atoms with Crippen molar-refractivity contribution in [2.75, 3.05) is 13.1 Å². The number of hydrogen-bond acceptors (Lipinski definition) is 2. The predicted molar refractivity (Wildman–Crippen MR) is 84.7 cm³/mol. The highest BCUT2D eigenvalue weighted by molar-refractivity contribution is 5.85. The van der Waals surface area contributed by atoms with Gasteiger partial charge in [0.05, 0.1) is 0 Å². The molecule has 1 aliphatic rings. The zero-order valence-electron chi connectivity index (χ0n) is 12.4. The molecule has 19 heavy (non-hydrogen) atoms. The first kappa shape index (κ1) is 16.5. The Morgan fingerprint density at radius 3 is 2.32 bits per heavy atom. The fourth-order valence-electron chi connectivity index (χ4n) is 2.76. The topological polar surface area (TPSA) is 29.3 Å². The number of nitrogens with two attached hydrogens (primary N) is 1. The number of hydrogen-bond donors (Lipinski definition) is 1. The van der Waals surface area contributed by atoms with Gasteiger partial charge >= 0.3 is 0 Å². The lowest BCUT2D eigenvalue weighted by atomic mass is 9.79. The number of rotatable bonds is 3. The second kappa shape index (κ2) is 6.74. The third-order valence-corrected chi connectivity index (χ3v) is 4.23. The summed E-state index contributed by atoms with van der Waals surface area (Å²) in [6.07, 6.45) is 2.23. The molecule has 108 valence electrons. The molecule has 0 amide bonds. The van der Waals surface area contributed by atoms with Crippen LogP contribution in [0.2, 0.25) is 0 Å². The highest BCUT2D eigenvalue weighted by Crippen LogP contribution is 2.28. The van der Waals surface area contributed by atoms with E-state index < -0.39 is 0 Å². The molecule has 1 aromatic carbocycles. The minimum Gasteiger partial charge on any atom is -0.327 e. The summed E-state index contributed by atoms with van der Waals surface area (Å²) in [6, 6.07) is 9.36. The first-order valence-electron chi connectivity index (χ1n) is 7.07. The first-order chi connectivity index (χ1) is 8.51. The average molecular weight is 283 g/mol. The van der Waals surface area contributed by atoms with Crippen LogP contribution in [0.3, 0.4) is 0 Å². The Kier molecular flexibility index (Phi) is 5.84. The summed E-state index contributed by atoms with van der Waals surface area (Å²) >= 11 is 0. The van der Waals surface area contributed by atoms with Gasteiger partial charge in [-0.2, -0.15) is 0 Å². The first-order valence-corrected chi connectivity index (χ1v) is 7.07. The van der Waals surface area contributed by atoms with E-state index in [4.69, 9.17) is 5.73 Å². The van der Waals surface area contributed by atoms with Crippen LogP contribution >= 0.6 is 12.4 Å². The van der Waals surface area contributed by atoms with Crippen LogP contribution in [0.5, 0.6) is 0 Å². The zero-order chi connectivity index (χ0) is 13.2. The van der Waals surface area contributed by atoms with Crippen LogP contribution in [-0.4, -0.2) is 24.0 Å². The van der Waals surface area contributed by atoms with E-state index in [0.717, 1.165) is 32.5 Å². The van der Waals surface area contributed by atoms with E-state index >= 15 is 0 Å². The summed E-state index contributed by atoms with van der Waals surface area (Å²) in [7, 11) is 0.